The molecule has 2 N–H and O–H groups in total. The maximum absolute atomic E-state index is 5.73. The number of guanidine groups is 1. The molecule has 2 heterocycles. The van der Waals surface area contributed by atoms with Gasteiger partial charge in [0.15, 0.2) is 5.96 Å². The Balaban J connectivity index is 0.00000320. The number of nitrogens with one attached hydrogen (secondary N) is 2. The van der Waals surface area contributed by atoms with Gasteiger partial charge in [-0.05, 0) is 44.2 Å². The SMILES string of the molecule is CN=C(NCCCOCC1CCCO1)NCC1CCCCN1Cc1ccccc1.I. The van der Waals surface area contributed by atoms with E-state index in [2.05, 4.69) is 50.9 Å². The highest BCUT2D eigenvalue weighted by molar-refractivity contribution is 14.0. The van der Waals surface area contributed by atoms with Gasteiger partial charge in [-0.25, -0.2) is 0 Å². The Morgan fingerprint density at radius 2 is 2.03 bits per heavy atom. The fraction of sp³-hybridized carbons (Fsp3) is 0.696. The number of nitrogens with zero attached hydrogens (tertiary/aromatic N) is 2. The van der Waals surface area contributed by atoms with Crippen LogP contribution in [0.1, 0.15) is 44.1 Å². The summed E-state index contributed by atoms with van der Waals surface area (Å²) in [6.07, 6.45) is 7.43. The van der Waals surface area contributed by atoms with Crippen LogP contribution >= 0.6 is 24.0 Å². The normalized spacial score (nSPS) is 22.5. The van der Waals surface area contributed by atoms with Crippen LogP contribution in [0.2, 0.25) is 0 Å². The topological polar surface area (TPSA) is 58.1 Å². The van der Waals surface area contributed by atoms with Crippen molar-refractivity contribution in [1.82, 2.24) is 15.5 Å². The van der Waals surface area contributed by atoms with Gasteiger partial charge in [0.25, 0.3) is 0 Å². The first-order valence-corrected chi connectivity index (χ1v) is 11.3. The van der Waals surface area contributed by atoms with E-state index in [-0.39, 0.29) is 24.0 Å². The van der Waals surface area contributed by atoms with Gasteiger partial charge in [0.1, 0.15) is 0 Å². The van der Waals surface area contributed by atoms with Crippen LogP contribution in [0.15, 0.2) is 35.3 Å². The molecule has 2 aliphatic rings. The molecule has 0 aliphatic carbocycles. The van der Waals surface area contributed by atoms with Gasteiger partial charge >= 0.3 is 0 Å². The van der Waals surface area contributed by atoms with Gasteiger partial charge in [0.05, 0.1) is 12.7 Å². The second-order valence-corrected chi connectivity index (χ2v) is 8.05. The lowest BCUT2D eigenvalue weighted by molar-refractivity contribution is 0.0168. The number of likely N-dealkylation sites (tertiary alicyclic amines) is 1. The van der Waals surface area contributed by atoms with Gasteiger partial charge < -0.3 is 20.1 Å². The Morgan fingerprint density at radius 1 is 1.17 bits per heavy atom. The number of aliphatic imine (C=N–C) groups is 1. The van der Waals surface area contributed by atoms with Crippen LogP contribution in [0.5, 0.6) is 0 Å². The van der Waals surface area contributed by atoms with Gasteiger partial charge in [0.2, 0.25) is 0 Å². The summed E-state index contributed by atoms with van der Waals surface area (Å²) in [5.41, 5.74) is 1.39. The smallest absolute Gasteiger partial charge is 0.191 e. The molecular weight excluding hydrogens is 491 g/mol. The van der Waals surface area contributed by atoms with E-state index in [9.17, 15) is 0 Å². The van der Waals surface area contributed by atoms with Crippen molar-refractivity contribution in [2.24, 2.45) is 4.99 Å². The Hall–Kier alpha value is -0.900. The summed E-state index contributed by atoms with van der Waals surface area (Å²) < 4.78 is 11.3. The molecule has 0 aromatic heterocycles. The zero-order valence-electron chi connectivity index (χ0n) is 18.4. The molecular formula is C23H39IN4O2. The molecule has 170 valence electrons. The minimum absolute atomic E-state index is 0. The minimum Gasteiger partial charge on any atom is -0.379 e. The standard InChI is InChI=1S/C23H38N4O2.HI/c1-24-23(25-13-8-15-28-19-22-12-7-16-29-22)26-17-21-11-5-6-14-27(21)18-20-9-3-2-4-10-20;/h2-4,9-10,21-22H,5-8,11-19H2,1H3,(H2,24,25,26);1H. The molecule has 2 saturated heterocycles. The maximum Gasteiger partial charge on any atom is 0.191 e. The van der Waals surface area contributed by atoms with Crippen LogP contribution in [0.3, 0.4) is 0 Å². The summed E-state index contributed by atoms with van der Waals surface area (Å²) in [6, 6.07) is 11.3. The molecule has 2 fully saturated rings. The lowest BCUT2D eigenvalue weighted by Gasteiger charge is -2.36. The summed E-state index contributed by atoms with van der Waals surface area (Å²) in [5, 5.41) is 6.94. The average Bonchev–Trinajstić information content (AvgIpc) is 3.28. The average molecular weight is 530 g/mol. The Morgan fingerprint density at radius 3 is 2.80 bits per heavy atom. The number of ether oxygens (including phenoxy) is 2. The summed E-state index contributed by atoms with van der Waals surface area (Å²) in [4.78, 5) is 6.99. The van der Waals surface area contributed by atoms with Crippen LogP contribution in [0.25, 0.3) is 0 Å². The lowest BCUT2D eigenvalue weighted by atomic mass is 10.0. The van der Waals surface area contributed by atoms with Crippen molar-refractivity contribution in [2.75, 3.05) is 46.5 Å². The highest BCUT2D eigenvalue weighted by Crippen LogP contribution is 2.19. The zero-order chi connectivity index (χ0) is 20.2. The van der Waals surface area contributed by atoms with Crippen molar-refractivity contribution in [3.8, 4) is 0 Å². The van der Waals surface area contributed by atoms with E-state index in [0.717, 1.165) is 58.3 Å². The molecule has 1 aromatic rings. The molecule has 3 rings (SSSR count). The molecule has 6 nitrogen and oxygen atoms in total. The molecule has 2 aliphatic heterocycles. The summed E-state index contributed by atoms with van der Waals surface area (Å²) in [5.74, 6) is 0.884. The van der Waals surface area contributed by atoms with Crippen LogP contribution in [-0.4, -0.2) is 69.5 Å². The third-order valence-corrected chi connectivity index (χ3v) is 5.79. The number of hydrogen-bond donors (Lipinski definition) is 2. The molecule has 1 aromatic carbocycles. The van der Waals surface area contributed by atoms with E-state index in [4.69, 9.17) is 9.47 Å². The Kier molecular flexibility index (Phi) is 12.7. The van der Waals surface area contributed by atoms with Crippen molar-refractivity contribution in [3.05, 3.63) is 35.9 Å². The molecule has 7 heteroatoms. The summed E-state index contributed by atoms with van der Waals surface area (Å²) in [7, 11) is 1.84. The number of rotatable bonds is 10. The molecule has 2 atom stereocenters. The van der Waals surface area contributed by atoms with Gasteiger partial charge in [-0.1, -0.05) is 36.8 Å². The van der Waals surface area contributed by atoms with Gasteiger partial charge in [-0.2, -0.15) is 0 Å². The van der Waals surface area contributed by atoms with Crippen LogP contribution < -0.4 is 10.6 Å². The van der Waals surface area contributed by atoms with E-state index in [0.29, 0.717) is 12.1 Å². The first-order valence-electron chi connectivity index (χ1n) is 11.3. The summed E-state index contributed by atoms with van der Waals surface area (Å²) >= 11 is 0. The van der Waals surface area contributed by atoms with Gasteiger partial charge in [-0.15, -0.1) is 24.0 Å². The Bertz CT molecular complexity index is 596. The fourth-order valence-corrected chi connectivity index (χ4v) is 4.12. The number of piperidine rings is 1. The zero-order valence-corrected chi connectivity index (χ0v) is 20.7. The van der Waals surface area contributed by atoms with Crippen LogP contribution in [0, 0.1) is 0 Å². The summed E-state index contributed by atoms with van der Waals surface area (Å²) in [6.45, 7) is 6.38. The predicted molar refractivity (Wildman–Crippen MR) is 134 cm³/mol. The molecule has 30 heavy (non-hydrogen) atoms. The van der Waals surface area contributed by atoms with Crippen molar-refractivity contribution < 1.29 is 9.47 Å². The monoisotopic (exact) mass is 530 g/mol. The van der Waals surface area contributed by atoms with Crippen molar-refractivity contribution in [2.45, 2.75) is 57.2 Å². The predicted octanol–water partition coefficient (Wildman–Crippen LogP) is 3.41. The van der Waals surface area contributed by atoms with Gasteiger partial charge in [0, 0.05) is 45.9 Å². The van der Waals surface area contributed by atoms with E-state index in [1.165, 1.54) is 37.8 Å². The van der Waals surface area contributed by atoms with E-state index < -0.39 is 0 Å². The van der Waals surface area contributed by atoms with Crippen molar-refractivity contribution in [3.63, 3.8) is 0 Å². The third-order valence-electron chi connectivity index (χ3n) is 5.79. The number of hydrogen-bond acceptors (Lipinski definition) is 4. The second-order valence-electron chi connectivity index (χ2n) is 8.05. The molecule has 0 bridgehead atoms. The second kappa shape index (κ2) is 15.0. The molecule has 0 saturated carbocycles. The quantitative estimate of drug-likeness (QED) is 0.210. The number of halogens is 1. The molecule has 0 spiro atoms. The Labute approximate surface area is 199 Å². The maximum atomic E-state index is 5.73. The minimum atomic E-state index is 0. The lowest BCUT2D eigenvalue weighted by Crippen LogP contribution is -2.49. The molecule has 0 radical (unpaired) electrons. The number of benzene rings is 1. The van der Waals surface area contributed by atoms with Crippen LogP contribution in [-0.2, 0) is 16.0 Å². The fourth-order valence-electron chi connectivity index (χ4n) is 4.12. The van der Waals surface area contributed by atoms with Gasteiger partial charge in [-0.3, -0.25) is 9.89 Å². The van der Waals surface area contributed by atoms with Crippen molar-refractivity contribution in [1.29, 1.82) is 0 Å². The van der Waals surface area contributed by atoms with E-state index in [1.54, 1.807) is 0 Å². The highest BCUT2D eigenvalue weighted by Gasteiger charge is 2.22. The third kappa shape index (κ3) is 9.08. The first-order chi connectivity index (χ1) is 14.3. The van der Waals surface area contributed by atoms with E-state index in [1.807, 2.05) is 7.05 Å². The first kappa shape index (κ1) is 25.4. The molecule has 2 unspecified atom stereocenters. The molecule has 0 amide bonds. The van der Waals surface area contributed by atoms with Crippen molar-refractivity contribution >= 4 is 29.9 Å². The van der Waals surface area contributed by atoms with Crippen LogP contribution in [0.4, 0.5) is 0 Å². The largest absolute Gasteiger partial charge is 0.379 e. The van der Waals surface area contributed by atoms with E-state index >= 15 is 0 Å². The highest BCUT2D eigenvalue weighted by atomic mass is 127.